The highest BCUT2D eigenvalue weighted by atomic mass is 32.2. The molecule has 8 heteroatoms. The highest BCUT2D eigenvalue weighted by molar-refractivity contribution is 7.92. The first-order valence-electron chi connectivity index (χ1n) is 8.45. The van der Waals surface area contributed by atoms with Crippen LogP contribution in [0.5, 0.6) is 0 Å². The molecule has 1 fully saturated rings. The van der Waals surface area contributed by atoms with Crippen molar-refractivity contribution in [3.8, 4) is 10.4 Å². The fourth-order valence-corrected chi connectivity index (χ4v) is 4.19. The largest absolute Gasteiger partial charge is 0.381 e. The van der Waals surface area contributed by atoms with Crippen LogP contribution in [0.2, 0.25) is 0 Å². The molecule has 5 nitrogen and oxygen atoms in total. The molecule has 26 heavy (non-hydrogen) atoms. The topological polar surface area (TPSA) is 56.1 Å². The molecule has 0 saturated carbocycles. The van der Waals surface area contributed by atoms with Gasteiger partial charge in [-0.3, -0.25) is 13.8 Å². The number of fused-ring (bicyclic) bond motifs is 1. The van der Waals surface area contributed by atoms with Crippen LogP contribution in [0, 0.1) is 5.92 Å². The standard InChI is InChI=1S/C18H18FN3O2S2/c19-26-22-4-1-14-15(18(23)21-9-12-2-5-24-6-3-12)7-13(8-16(14)22)17-10-20-11-25-17/h1,4,7-8,10-12H,2-3,5-6,9H2,(H,21,23). The van der Waals surface area contributed by atoms with Crippen molar-refractivity contribution in [2.45, 2.75) is 12.8 Å². The molecular formula is C18H18FN3O2S2. The van der Waals surface area contributed by atoms with Crippen molar-refractivity contribution in [3.05, 3.63) is 41.7 Å². The Bertz CT molecular complexity index is 905. The van der Waals surface area contributed by atoms with Gasteiger partial charge in [0.15, 0.2) is 12.3 Å². The van der Waals surface area contributed by atoms with Crippen molar-refractivity contribution < 1.29 is 13.4 Å². The van der Waals surface area contributed by atoms with Crippen LogP contribution in [0.25, 0.3) is 21.3 Å². The maximum atomic E-state index is 13.2. The summed E-state index contributed by atoms with van der Waals surface area (Å²) in [5.41, 5.74) is 3.85. The number of nitrogens with zero attached hydrogens (tertiary/aromatic N) is 2. The summed E-state index contributed by atoms with van der Waals surface area (Å²) in [6.45, 7) is 2.14. The van der Waals surface area contributed by atoms with Crippen LogP contribution in [0.1, 0.15) is 23.2 Å². The van der Waals surface area contributed by atoms with Crippen LogP contribution in [0.3, 0.4) is 0 Å². The van der Waals surface area contributed by atoms with E-state index in [2.05, 4.69) is 10.3 Å². The Morgan fingerprint density at radius 1 is 1.42 bits per heavy atom. The quantitative estimate of drug-likeness (QED) is 0.704. The molecule has 3 heterocycles. The van der Waals surface area contributed by atoms with E-state index in [1.807, 2.05) is 12.1 Å². The van der Waals surface area contributed by atoms with Crippen LogP contribution in [0.4, 0.5) is 3.89 Å². The zero-order chi connectivity index (χ0) is 17.9. The maximum absolute atomic E-state index is 13.2. The molecule has 1 aromatic carbocycles. The fraction of sp³-hybridized carbons (Fsp3) is 0.333. The minimum absolute atomic E-state index is 0.126. The number of carbonyl (C=O) groups excluding carboxylic acids is 1. The van der Waals surface area contributed by atoms with Gasteiger partial charge in [0, 0.05) is 43.1 Å². The number of amides is 1. The number of benzene rings is 1. The van der Waals surface area contributed by atoms with Gasteiger partial charge < -0.3 is 10.1 Å². The Kier molecular flexibility index (Phi) is 5.23. The van der Waals surface area contributed by atoms with Crippen LogP contribution >= 0.6 is 23.7 Å². The molecule has 0 spiro atoms. The number of aromatic nitrogens is 2. The average Bonchev–Trinajstić information content (AvgIpc) is 3.35. The summed E-state index contributed by atoms with van der Waals surface area (Å²) in [5.74, 6) is 0.313. The molecule has 0 bridgehead atoms. The molecule has 1 aliphatic rings. The monoisotopic (exact) mass is 391 g/mol. The van der Waals surface area contributed by atoms with E-state index in [9.17, 15) is 8.68 Å². The van der Waals surface area contributed by atoms with E-state index in [0.717, 1.165) is 41.9 Å². The minimum atomic E-state index is -0.130. The normalized spacial score (nSPS) is 15.4. The summed E-state index contributed by atoms with van der Waals surface area (Å²) in [6.07, 6.45) is 5.32. The Balaban J connectivity index is 1.66. The third kappa shape index (κ3) is 3.49. The molecule has 136 valence electrons. The summed E-state index contributed by atoms with van der Waals surface area (Å²) in [5, 5.41) is 3.79. The van der Waals surface area contributed by atoms with Gasteiger partial charge in [-0.25, -0.2) is 0 Å². The Morgan fingerprint density at radius 2 is 2.27 bits per heavy atom. The molecule has 2 aromatic heterocycles. The predicted octanol–water partition coefficient (Wildman–Crippen LogP) is 4.30. The SMILES string of the molecule is O=C(NCC1CCOCC1)c1cc(-c2cncs2)cc2c1ccn2SF. The summed E-state index contributed by atoms with van der Waals surface area (Å²) in [7, 11) is 0. The first kappa shape index (κ1) is 17.5. The number of hydrogen-bond donors (Lipinski definition) is 1. The van der Waals surface area contributed by atoms with E-state index in [4.69, 9.17) is 4.74 Å². The van der Waals surface area contributed by atoms with Crippen molar-refractivity contribution in [3.63, 3.8) is 0 Å². The van der Waals surface area contributed by atoms with Gasteiger partial charge in [0.25, 0.3) is 5.91 Å². The summed E-state index contributed by atoms with van der Waals surface area (Å²) < 4.78 is 20.0. The second kappa shape index (κ2) is 7.77. The molecule has 0 unspecified atom stereocenters. The Hall–Kier alpha value is -1.90. The third-order valence-corrected chi connectivity index (χ3v) is 5.99. The summed E-state index contributed by atoms with van der Waals surface area (Å²) in [6, 6.07) is 5.54. The lowest BCUT2D eigenvalue weighted by Gasteiger charge is -2.22. The number of rotatable bonds is 5. The summed E-state index contributed by atoms with van der Waals surface area (Å²) >= 11 is 1.62. The van der Waals surface area contributed by atoms with Gasteiger partial charge in [0.1, 0.15) is 0 Å². The molecule has 4 rings (SSSR count). The highest BCUT2D eigenvalue weighted by Gasteiger charge is 2.19. The molecule has 1 amide bonds. The fourth-order valence-electron chi connectivity index (χ4n) is 3.25. The maximum Gasteiger partial charge on any atom is 0.252 e. The van der Waals surface area contributed by atoms with Crippen LogP contribution < -0.4 is 5.32 Å². The second-order valence-corrected chi connectivity index (χ2v) is 7.72. The van der Waals surface area contributed by atoms with Crippen molar-refractivity contribution in [1.82, 2.24) is 14.3 Å². The lowest BCUT2D eigenvalue weighted by molar-refractivity contribution is 0.0643. The zero-order valence-corrected chi connectivity index (χ0v) is 15.6. The van der Waals surface area contributed by atoms with Gasteiger partial charge in [-0.15, -0.1) is 15.2 Å². The van der Waals surface area contributed by atoms with Crippen LogP contribution in [0.15, 0.2) is 36.1 Å². The van der Waals surface area contributed by atoms with Gasteiger partial charge in [0.2, 0.25) is 0 Å². The van der Waals surface area contributed by atoms with Crippen LogP contribution in [-0.2, 0) is 4.74 Å². The molecule has 0 aliphatic carbocycles. The van der Waals surface area contributed by atoms with Crippen LogP contribution in [-0.4, -0.2) is 34.6 Å². The number of carbonyl (C=O) groups is 1. The lowest BCUT2D eigenvalue weighted by Crippen LogP contribution is -2.32. The van der Waals surface area contributed by atoms with Gasteiger partial charge in [0.05, 0.1) is 15.9 Å². The van der Waals surface area contributed by atoms with Crippen molar-refractivity contribution in [2.75, 3.05) is 19.8 Å². The lowest BCUT2D eigenvalue weighted by atomic mass is 10.00. The molecule has 0 atom stereocenters. The first-order valence-corrected chi connectivity index (χ1v) is 10.0. The summed E-state index contributed by atoms with van der Waals surface area (Å²) in [4.78, 5) is 17.9. The van der Waals surface area contributed by atoms with Crippen molar-refractivity contribution >= 4 is 40.5 Å². The van der Waals surface area contributed by atoms with E-state index < -0.39 is 0 Å². The van der Waals surface area contributed by atoms with E-state index in [0.29, 0.717) is 23.5 Å². The third-order valence-electron chi connectivity index (χ3n) is 4.70. The Morgan fingerprint density at radius 3 is 3.00 bits per heavy atom. The highest BCUT2D eigenvalue weighted by Crippen LogP contribution is 2.32. The molecule has 3 aromatic rings. The molecule has 1 saturated heterocycles. The van der Waals surface area contributed by atoms with E-state index in [1.54, 1.807) is 24.0 Å². The zero-order valence-electron chi connectivity index (χ0n) is 14.0. The smallest absolute Gasteiger partial charge is 0.252 e. The molecule has 1 aliphatic heterocycles. The first-order chi connectivity index (χ1) is 12.8. The number of nitrogens with one attached hydrogen (secondary N) is 1. The van der Waals surface area contributed by atoms with Gasteiger partial charge >= 0.3 is 0 Å². The van der Waals surface area contributed by atoms with Crippen molar-refractivity contribution in [1.29, 1.82) is 0 Å². The molecule has 0 radical (unpaired) electrons. The van der Waals surface area contributed by atoms with Gasteiger partial charge in [-0.05, 0) is 42.5 Å². The van der Waals surface area contributed by atoms with Gasteiger partial charge in [-0.1, -0.05) is 0 Å². The second-order valence-electron chi connectivity index (χ2n) is 6.30. The number of thiazole rings is 1. The minimum Gasteiger partial charge on any atom is -0.381 e. The average molecular weight is 391 g/mol. The number of hydrogen-bond acceptors (Lipinski definition) is 5. The number of halogens is 1. The predicted molar refractivity (Wildman–Crippen MR) is 103 cm³/mol. The van der Waals surface area contributed by atoms with Crippen molar-refractivity contribution in [2.24, 2.45) is 5.92 Å². The van der Waals surface area contributed by atoms with E-state index >= 15 is 0 Å². The molecular weight excluding hydrogens is 373 g/mol. The molecule has 1 N–H and O–H groups in total. The van der Waals surface area contributed by atoms with E-state index in [-0.39, 0.29) is 18.2 Å². The Labute approximate surface area is 159 Å². The van der Waals surface area contributed by atoms with Gasteiger partial charge in [-0.2, -0.15) is 0 Å². The van der Waals surface area contributed by atoms with E-state index in [1.165, 1.54) is 15.3 Å². The number of ether oxygens (including phenoxy) is 1.